The molecule has 1 heterocycles. The first-order chi connectivity index (χ1) is 9.44. The Morgan fingerprint density at radius 2 is 1.85 bits per heavy atom. The van der Waals surface area contributed by atoms with Crippen LogP contribution in [0.4, 0.5) is 0 Å². The number of halogens is 1. The van der Waals surface area contributed by atoms with Crippen LogP contribution in [0, 0.1) is 0 Å². The van der Waals surface area contributed by atoms with E-state index in [9.17, 15) is 14.4 Å². The van der Waals surface area contributed by atoms with Crippen LogP contribution in [0.1, 0.15) is 59.3 Å². The number of unbranched alkanes of at least 4 members (excludes halogenated alkanes) is 2. The molecule has 0 saturated carbocycles. The molecule has 0 N–H and O–H groups in total. The van der Waals surface area contributed by atoms with Crippen LogP contribution in [0.3, 0.4) is 0 Å². The molecule has 1 rings (SSSR count). The Balaban J connectivity index is 2.56. The predicted octanol–water partition coefficient (Wildman–Crippen LogP) is -0.958. The average Bonchev–Trinajstić information content (AvgIpc) is 2.75. The van der Waals surface area contributed by atoms with Gasteiger partial charge in [0.15, 0.2) is 0 Å². The van der Waals surface area contributed by atoms with Crippen LogP contribution < -0.4 is 21.2 Å². The van der Waals surface area contributed by atoms with Crippen LogP contribution in [0.25, 0.3) is 0 Å². The molecule has 1 saturated heterocycles. The molecular formula is C14H23INO4-. The summed E-state index contributed by atoms with van der Waals surface area (Å²) in [5.74, 6) is -1.25. The van der Waals surface area contributed by atoms with E-state index in [1.54, 1.807) is 0 Å². The number of alkyl halides is 2. The fourth-order valence-corrected chi connectivity index (χ4v) is 4.81. The Labute approximate surface area is 130 Å². The van der Waals surface area contributed by atoms with E-state index in [0.717, 1.165) is 17.3 Å². The van der Waals surface area contributed by atoms with Gasteiger partial charge in [0.25, 0.3) is 0 Å². The van der Waals surface area contributed by atoms with E-state index in [1.807, 2.05) is 13.8 Å². The van der Waals surface area contributed by atoms with E-state index in [2.05, 4.69) is 6.92 Å². The summed E-state index contributed by atoms with van der Waals surface area (Å²) in [6.45, 7) is 5.99. The molecule has 6 heteroatoms. The molecule has 1 fully saturated rings. The Morgan fingerprint density at radius 3 is 2.35 bits per heavy atom. The minimum atomic E-state index is -0.518. The molecule has 0 spiro atoms. The van der Waals surface area contributed by atoms with E-state index in [4.69, 9.17) is 4.84 Å². The van der Waals surface area contributed by atoms with Gasteiger partial charge in [0.05, 0.1) is 0 Å². The molecule has 116 valence electrons. The zero-order chi connectivity index (χ0) is 15.2. The normalized spacial score (nSPS) is 18.4. The first kappa shape index (κ1) is 17.4. The van der Waals surface area contributed by atoms with Crippen molar-refractivity contribution in [1.29, 1.82) is 0 Å². The molecule has 0 radical (unpaired) electrons. The first-order valence-electron chi connectivity index (χ1n) is 7.13. The summed E-state index contributed by atoms with van der Waals surface area (Å²) < 4.78 is 0.545. The number of hydroxylamine groups is 2. The Hall–Kier alpha value is -0.660. The molecule has 5 nitrogen and oxygen atoms in total. The summed E-state index contributed by atoms with van der Waals surface area (Å²) in [4.78, 5) is 40.3. The van der Waals surface area contributed by atoms with Gasteiger partial charge < -0.3 is 0 Å². The quantitative estimate of drug-likeness (QED) is 0.230. The van der Waals surface area contributed by atoms with Crippen molar-refractivity contribution in [3.8, 4) is 0 Å². The first-order valence-corrected chi connectivity index (χ1v) is 9.73. The van der Waals surface area contributed by atoms with Crippen molar-refractivity contribution < 1.29 is 40.4 Å². The van der Waals surface area contributed by atoms with Crippen LogP contribution in [0.2, 0.25) is 0 Å². The second-order valence-electron chi connectivity index (χ2n) is 5.04. The minimum absolute atomic E-state index is 0.139. The summed E-state index contributed by atoms with van der Waals surface area (Å²) in [5, 5.41) is 0.659. The third-order valence-electron chi connectivity index (χ3n) is 3.40. The predicted molar refractivity (Wildman–Crippen MR) is 70.3 cm³/mol. The molecule has 1 aliphatic heterocycles. The molecule has 1 unspecified atom stereocenters. The molecular weight excluding hydrogens is 373 g/mol. The Morgan fingerprint density at radius 1 is 1.25 bits per heavy atom. The third-order valence-corrected chi connectivity index (χ3v) is 7.59. The van der Waals surface area contributed by atoms with Gasteiger partial charge in [-0.1, -0.05) is 0 Å². The van der Waals surface area contributed by atoms with Gasteiger partial charge in [-0.2, -0.15) is 0 Å². The molecule has 2 amide bonds. The fourth-order valence-electron chi connectivity index (χ4n) is 1.75. The maximum atomic E-state index is 12.3. The van der Waals surface area contributed by atoms with E-state index in [1.165, 1.54) is 6.42 Å². The van der Waals surface area contributed by atoms with Crippen molar-refractivity contribution in [1.82, 2.24) is 5.06 Å². The van der Waals surface area contributed by atoms with Crippen LogP contribution in [-0.4, -0.2) is 30.7 Å². The Kier molecular flexibility index (Phi) is 6.91. The molecule has 20 heavy (non-hydrogen) atoms. The standard InChI is InChI=1S/C14H23INO4/c1-4-6-7-10-15-14(3,5-2)13(19)20-16-11(17)8-9-12(16)18/h4-10H2,1-3H3/q-1. The van der Waals surface area contributed by atoms with E-state index in [-0.39, 0.29) is 34.0 Å². The number of carbonyl (C=O) groups excluding carboxylic acids is 3. The van der Waals surface area contributed by atoms with Gasteiger partial charge in [-0.3, -0.25) is 0 Å². The van der Waals surface area contributed by atoms with E-state index in [0.29, 0.717) is 11.5 Å². The van der Waals surface area contributed by atoms with Crippen molar-refractivity contribution in [2.75, 3.05) is 4.43 Å². The summed E-state index contributed by atoms with van der Waals surface area (Å²) in [6.07, 6.45) is 4.43. The summed E-state index contributed by atoms with van der Waals surface area (Å²) in [6, 6.07) is 0. The third kappa shape index (κ3) is 4.43. The van der Waals surface area contributed by atoms with E-state index < -0.39 is 21.2 Å². The number of hydrogen-bond acceptors (Lipinski definition) is 4. The monoisotopic (exact) mass is 396 g/mol. The molecule has 0 aromatic heterocycles. The number of imide groups is 1. The molecule has 0 bridgehead atoms. The number of rotatable bonds is 8. The number of nitrogens with zero attached hydrogens (tertiary/aromatic N) is 1. The molecule has 0 aliphatic carbocycles. The van der Waals surface area contributed by atoms with Gasteiger partial charge >= 0.3 is 130 Å². The number of hydrogen-bond donors (Lipinski definition) is 0. The number of amides is 2. The molecule has 0 aromatic carbocycles. The zero-order valence-electron chi connectivity index (χ0n) is 12.4. The van der Waals surface area contributed by atoms with Crippen molar-refractivity contribution in [3.05, 3.63) is 0 Å². The van der Waals surface area contributed by atoms with Gasteiger partial charge in [-0.05, 0) is 0 Å². The van der Waals surface area contributed by atoms with Gasteiger partial charge in [0.2, 0.25) is 0 Å². The van der Waals surface area contributed by atoms with Crippen LogP contribution in [-0.2, 0) is 19.2 Å². The second kappa shape index (κ2) is 7.95. The van der Waals surface area contributed by atoms with Gasteiger partial charge in [-0.25, -0.2) is 0 Å². The van der Waals surface area contributed by atoms with E-state index >= 15 is 0 Å². The van der Waals surface area contributed by atoms with Crippen molar-refractivity contribution >= 4 is 17.8 Å². The van der Waals surface area contributed by atoms with Crippen molar-refractivity contribution in [3.63, 3.8) is 0 Å². The number of carbonyl (C=O) groups is 3. The molecule has 0 aromatic rings. The average molecular weight is 396 g/mol. The zero-order valence-corrected chi connectivity index (χ0v) is 14.6. The van der Waals surface area contributed by atoms with Crippen LogP contribution in [0.5, 0.6) is 0 Å². The topological polar surface area (TPSA) is 63.7 Å². The summed E-state index contributed by atoms with van der Waals surface area (Å²) in [7, 11) is 0. The van der Waals surface area contributed by atoms with Gasteiger partial charge in [-0.15, -0.1) is 0 Å². The van der Waals surface area contributed by atoms with Crippen LogP contribution >= 0.6 is 0 Å². The van der Waals surface area contributed by atoms with Crippen molar-refractivity contribution in [2.45, 2.75) is 62.7 Å². The fraction of sp³-hybridized carbons (Fsp3) is 0.786. The van der Waals surface area contributed by atoms with Gasteiger partial charge in [0.1, 0.15) is 0 Å². The Bertz CT molecular complexity index is 369. The summed E-state index contributed by atoms with van der Waals surface area (Å²) in [5.41, 5.74) is 0. The summed E-state index contributed by atoms with van der Waals surface area (Å²) >= 11 is -0.353. The van der Waals surface area contributed by atoms with Crippen molar-refractivity contribution in [2.24, 2.45) is 0 Å². The molecule has 1 aliphatic rings. The SMILES string of the molecule is CCCCC[I-]C(C)(CC)C(=O)ON1C(=O)CCC1=O. The maximum absolute atomic E-state index is 12.3. The van der Waals surface area contributed by atoms with Gasteiger partial charge in [0, 0.05) is 0 Å². The second-order valence-corrected chi connectivity index (χ2v) is 9.26. The van der Waals surface area contributed by atoms with Crippen LogP contribution in [0.15, 0.2) is 0 Å². The molecule has 1 atom stereocenters.